The van der Waals surface area contributed by atoms with Crippen LogP contribution in [0.4, 0.5) is 0 Å². The van der Waals surface area contributed by atoms with Gasteiger partial charge in [-0.3, -0.25) is 4.98 Å². The van der Waals surface area contributed by atoms with E-state index < -0.39 is 0 Å². The Kier molecular flexibility index (Phi) is 3.20. The van der Waals surface area contributed by atoms with Crippen molar-refractivity contribution in [1.82, 2.24) is 4.98 Å². The molecule has 2 heteroatoms. The number of aliphatic hydroxyl groups excluding tert-OH is 1. The smallest absolute Gasteiger partial charge is 0.0704 e. The normalized spacial score (nSPS) is 11.2. The Morgan fingerprint density at radius 2 is 2.06 bits per heavy atom. The van der Waals surface area contributed by atoms with E-state index in [-0.39, 0.29) is 6.61 Å². The quantitative estimate of drug-likeness (QED) is 0.854. The third-order valence-corrected chi connectivity index (χ3v) is 2.71. The first-order valence-corrected chi connectivity index (χ1v) is 5.68. The number of hydrogen-bond donors (Lipinski definition) is 1. The molecule has 2 nitrogen and oxygen atoms in total. The summed E-state index contributed by atoms with van der Waals surface area (Å²) in [5, 5.41) is 10.3. The molecule has 84 valence electrons. The Bertz CT molecular complexity index is 491. The van der Waals surface area contributed by atoms with E-state index in [1.54, 1.807) is 0 Å². The summed E-state index contributed by atoms with van der Waals surface area (Å²) in [6, 6.07) is 8.02. The SMILES string of the molecule is CC(C)Cc1ccnc2ccc(CO)cc12. The van der Waals surface area contributed by atoms with Crippen LogP contribution in [0.5, 0.6) is 0 Å². The molecule has 0 saturated carbocycles. The van der Waals surface area contributed by atoms with Gasteiger partial charge in [0, 0.05) is 11.6 Å². The number of rotatable bonds is 3. The number of pyridine rings is 1. The van der Waals surface area contributed by atoms with Crippen molar-refractivity contribution in [3.8, 4) is 0 Å². The Labute approximate surface area is 96.0 Å². The number of aliphatic hydroxyl groups is 1. The average molecular weight is 215 g/mol. The lowest BCUT2D eigenvalue weighted by Gasteiger charge is -2.09. The number of aromatic nitrogens is 1. The Morgan fingerprint density at radius 1 is 1.25 bits per heavy atom. The van der Waals surface area contributed by atoms with E-state index in [4.69, 9.17) is 5.11 Å². The molecule has 0 amide bonds. The van der Waals surface area contributed by atoms with Crippen molar-refractivity contribution in [2.45, 2.75) is 26.9 Å². The molecule has 0 fully saturated rings. The predicted molar refractivity (Wildman–Crippen MR) is 66.2 cm³/mol. The molecule has 2 rings (SSSR count). The molecule has 1 aromatic carbocycles. The van der Waals surface area contributed by atoms with Crippen molar-refractivity contribution in [3.63, 3.8) is 0 Å². The van der Waals surface area contributed by atoms with Gasteiger partial charge in [-0.15, -0.1) is 0 Å². The Hall–Kier alpha value is -1.41. The Balaban J connectivity index is 2.55. The molecule has 0 atom stereocenters. The fourth-order valence-electron chi connectivity index (χ4n) is 1.97. The molecule has 0 saturated heterocycles. The summed E-state index contributed by atoms with van der Waals surface area (Å²) in [7, 11) is 0. The summed E-state index contributed by atoms with van der Waals surface area (Å²) in [5.41, 5.74) is 3.27. The molecule has 0 aliphatic heterocycles. The molecule has 0 spiro atoms. The van der Waals surface area contributed by atoms with Crippen LogP contribution in [-0.4, -0.2) is 10.1 Å². The highest BCUT2D eigenvalue weighted by Gasteiger charge is 2.04. The maximum absolute atomic E-state index is 9.15. The van der Waals surface area contributed by atoms with Crippen LogP contribution < -0.4 is 0 Å². The maximum atomic E-state index is 9.15. The second-order valence-corrected chi connectivity index (χ2v) is 4.58. The summed E-state index contributed by atoms with van der Waals surface area (Å²) in [6.07, 6.45) is 2.91. The molecule has 1 heterocycles. The molecule has 0 bridgehead atoms. The molecule has 1 N–H and O–H groups in total. The zero-order valence-corrected chi connectivity index (χ0v) is 9.77. The van der Waals surface area contributed by atoms with E-state index in [2.05, 4.69) is 24.9 Å². The van der Waals surface area contributed by atoms with Gasteiger partial charge in [0.05, 0.1) is 12.1 Å². The van der Waals surface area contributed by atoms with E-state index in [9.17, 15) is 0 Å². The summed E-state index contributed by atoms with van der Waals surface area (Å²) in [4.78, 5) is 4.34. The molecule has 2 aromatic rings. The summed E-state index contributed by atoms with van der Waals surface area (Å²) in [6.45, 7) is 4.51. The van der Waals surface area contributed by atoms with Gasteiger partial charge in [0.2, 0.25) is 0 Å². The largest absolute Gasteiger partial charge is 0.392 e. The summed E-state index contributed by atoms with van der Waals surface area (Å²) < 4.78 is 0. The van der Waals surface area contributed by atoms with Crippen molar-refractivity contribution >= 4 is 10.9 Å². The number of fused-ring (bicyclic) bond motifs is 1. The van der Waals surface area contributed by atoms with E-state index in [1.807, 2.05) is 24.4 Å². The monoisotopic (exact) mass is 215 g/mol. The van der Waals surface area contributed by atoms with Crippen molar-refractivity contribution in [2.24, 2.45) is 5.92 Å². The molecule has 0 aliphatic carbocycles. The van der Waals surface area contributed by atoms with Crippen LogP contribution in [0.3, 0.4) is 0 Å². The van der Waals surface area contributed by atoms with Gasteiger partial charge in [-0.25, -0.2) is 0 Å². The van der Waals surface area contributed by atoms with E-state index >= 15 is 0 Å². The standard InChI is InChI=1S/C14H17NO/c1-10(2)7-12-5-6-15-14-4-3-11(9-16)8-13(12)14/h3-6,8,10,16H,7,9H2,1-2H3. The van der Waals surface area contributed by atoms with Crippen molar-refractivity contribution in [2.75, 3.05) is 0 Å². The lowest BCUT2D eigenvalue weighted by Crippen LogP contribution is -1.96. The van der Waals surface area contributed by atoms with Gasteiger partial charge in [0.15, 0.2) is 0 Å². The number of benzene rings is 1. The van der Waals surface area contributed by atoms with Crippen LogP contribution in [0, 0.1) is 5.92 Å². The van der Waals surface area contributed by atoms with Gasteiger partial charge in [0.1, 0.15) is 0 Å². The van der Waals surface area contributed by atoms with Gasteiger partial charge < -0.3 is 5.11 Å². The highest BCUT2D eigenvalue weighted by atomic mass is 16.3. The molecule has 16 heavy (non-hydrogen) atoms. The second kappa shape index (κ2) is 4.62. The molecule has 0 radical (unpaired) electrons. The molecular formula is C14H17NO. The third kappa shape index (κ3) is 2.22. The average Bonchev–Trinajstić information content (AvgIpc) is 2.28. The van der Waals surface area contributed by atoms with Gasteiger partial charge in [-0.2, -0.15) is 0 Å². The topological polar surface area (TPSA) is 33.1 Å². The highest BCUT2D eigenvalue weighted by Crippen LogP contribution is 2.21. The van der Waals surface area contributed by atoms with Crippen LogP contribution >= 0.6 is 0 Å². The minimum absolute atomic E-state index is 0.0892. The fraction of sp³-hybridized carbons (Fsp3) is 0.357. The van der Waals surface area contributed by atoms with Crippen LogP contribution in [0.1, 0.15) is 25.0 Å². The number of hydrogen-bond acceptors (Lipinski definition) is 2. The van der Waals surface area contributed by atoms with E-state index in [1.165, 1.54) is 10.9 Å². The summed E-state index contributed by atoms with van der Waals surface area (Å²) in [5.74, 6) is 0.628. The van der Waals surface area contributed by atoms with Crippen molar-refractivity contribution < 1.29 is 5.11 Å². The minimum atomic E-state index is 0.0892. The molecule has 0 unspecified atom stereocenters. The van der Waals surface area contributed by atoms with Crippen molar-refractivity contribution in [3.05, 3.63) is 41.6 Å². The first-order valence-electron chi connectivity index (χ1n) is 5.68. The molecular weight excluding hydrogens is 198 g/mol. The van der Waals surface area contributed by atoms with E-state index in [0.29, 0.717) is 5.92 Å². The second-order valence-electron chi connectivity index (χ2n) is 4.58. The minimum Gasteiger partial charge on any atom is -0.392 e. The van der Waals surface area contributed by atoms with Gasteiger partial charge in [-0.1, -0.05) is 19.9 Å². The van der Waals surface area contributed by atoms with E-state index in [0.717, 1.165) is 17.5 Å². The lowest BCUT2D eigenvalue weighted by molar-refractivity contribution is 0.282. The third-order valence-electron chi connectivity index (χ3n) is 2.71. The zero-order valence-electron chi connectivity index (χ0n) is 9.77. The molecule has 0 aliphatic rings. The van der Waals surface area contributed by atoms with Crippen LogP contribution in [0.15, 0.2) is 30.5 Å². The van der Waals surface area contributed by atoms with Crippen molar-refractivity contribution in [1.29, 1.82) is 0 Å². The first-order chi connectivity index (χ1) is 7.70. The molecule has 1 aromatic heterocycles. The fourth-order valence-corrected chi connectivity index (χ4v) is 1.97. The highest BCUT2D eigenvalue weighted by molar-refractivity contribution is 5.82. The predicted octanol–water partition coefficient (Wildman–Crippen LogP) is 2.93. The maximum Gasteiger partial charge on any atom is 0.0704 e. The Morgan fingerprint density at radius 3 is 2.75 bits per heavy atom. The van der Waals surface area contributed by atoms with Crippen LogP contribution in [-0.2, 0) is 13.0 Å². The van der Waals surface area contributed by atoms with Gasteiger partial charge in [-0.05, 0) is 41.7 Å². The zero-order chi connectivity index (χ0) is 11.5. The summed E-state index contributed by atoms with van der Waals surface area (Å²) >= 11 is 0. The van der Waals surface area contributed by atoms with Gasteiger partial charge >= 0.3 is 0 Å². The lowest BCUT2D eigenvalue weighted by atomic mass is 9.98. The first kappa shape index (κ1) is 11.1. The van der Waals surface area contributed by atoms with Crippen LogP contribution in [0.2, 0.25) is 0 Å². The van der Waals surface area contributed by atoms with Gasteiger partial charge in [0.25, 0.3) is 0 Å². The van der Waals surface area contributed by atoms with Crippen LogP contribution in [0.25, 0.3) is 10.9 Å². The number of nitrogens with zero attached hydrogens (tertiary/aromatic N) is 1.